The van der Waals surface area contributed by atoms with Gasteiger partial charge in [-0.25, -0.2) is 0 Å². The number of hydrogen-bond donors (Lipinski definition) is 1. The predicted molar refractivity (Wildman–Crippen MR) is 81.7 cm³/mol. The van der Waals surface area contributed by atoms with Crippen molar-refractivity contribution in [2.75, 3.05) is 10.6 Å². The fourth-order valence-corrected chi connectivity index (χ4v) is 2.96. The Hall–Kier alpha value is -1.67. The SMILES string of the molecule is CC1Cc2ccccc2N1Cc1cc(Cl)ccc1N. The number of para-hydroxylation sites is 1. The molecule has 1 heterocycles. The fourth-order valence-electron chi connectivity index (χ4n) is 2.77. The van der Waals surface area contributed by atoms with Crippen LogP contribution in [0.3, 0.4) is 0 Å². The van der Waals surface area contributed by atoms with Crippen LogP contribution in [-0.4, -0.2) is 6.04 Å². The number of hydrogen-bond acceptors (Lipinski definition) is 2. The lowest BCUT2D eigenvalue weighted by Gasteiger charge is -2.25. The first-order valence-corrected chi connectivity index (χ1v) is 6.91. The van der Waals surface area contributed by atoms with Gasteiger partial charge in [0, 0.05) is 29.0 Å². The zero-order valence-electron chi connectivity index (χ0n) is 10.9. The van der Waals surface area contributed by atoms with Gasteiger partial charge in [-0.2, -0.15) is 0 Å². The van der Waals surface area contributed by atoms with Gasteiger partial charge in [0.2, 0.25) is 0 Å². The summed E-state index contributed by atoms with van der Waals surface area (Å²) in [7, 11) is 0. The molecule has 3 rings (SSSR count). The molecule has 0 aromatic heterocycles. The molecule has 1 aliphatic rings. The second-order valence-corrected chi connectivity index (χ2v) is 5.59. The largest absolute Gasteiger partial charge is 0.398 e. The van der Waals surface area contributed by atoms with E-state index < -0.39 is 0 Å². The van der Waals surface area contributed by atoms with E-state index in [1.165, 1.54) is 11.3 Å². The smallest absolute Gasteiger partial charge is 0.0453 e. The van der Waals surface area contributed by atoms with E-state index in [2.05, 4.69) is 36.1 Å². The van der Waals surface area contributed by atoms with Crippen LogP contribution in [0.1, 0.15) is 18.1 Å². The molecule has 0 saturated heterocycles. The third kappa shape index (κ3) is 2.28. The van der Waals surface area contributed by atoms with Gasteiger partial charge < -0.3 is 10.6 Å². The number of rotatable bonds is 2. The zero-order chi connectivity index (χ0) is 13.4. The lowest BCUT2D eigenvalue weighted by atomic mass is 10.1. The highest BCUT2D eigenvalue weighted by atomic mass is 35.5. The third-order valence-corrected chi connectivity index (χ3v) is 4.03. The lowest BCUT2D eigenvalue weighted by molar-refractivity contribution is 0.673. The van der Waals surface area contributed by atoms with Gasteiger partial charge in [0.25, 0.3) is 0 Å². The summed E-state index contributed by atoms with van der Waals surface area (Å²) in [5.74, 6) is 0. The number of fused-ring (bicyclic) bond motifs is 1. The van der Waals surface area contributed by atoms with Crippen molar-refractivity contribution in [3.8, 4) is 0 Å². The van der Waals surface area contributed by atoms with Gasteiger partial charge in [-0.1, -0.05) is 29.8 Å². The molecule has 1 unspecified atom stereocenters. The minimum Gasteiger partial charge on any atom is -0.398 e. The van der Waals surface area contributed by atoms with Gasteiger partial charge in [-0.15, -0.1) is 0 Å². The Morgan fingerprint density at radius 2 is 2.05 bits per heavy atom. The summed E-state index contributed by atoms with van der Waals surface area (Å²) in [5.41, 5.74) is 10.7. The molecule has 1 atom stereocenters. The molecule has 3 heteroatoms. The molecule has 0 spiro atoms. The predicted octanol–water partition coefficient (Wildman–Crippen LogP) is 3.87. The Morgan fingerprint density at radius 3 is 2.89 bits per heavy atom. The molecule has 0 radical (unpaired) electrons. The molecule has 0 fully saturated rings. The van der Waals surface area contributed by atoms with Gasteiger partial charge in [0.15, 0.2) is 0 Å². The van der Waals surface area contributed by atoms with Gasteiger partial charge in [-0.3, -0.25) is 0 Å². The maximum absolute atomic E-state index is 6.06. The lowest BCUT2D eigenvalue weighted by Crippen LogP contribution is -2.28. The Bertz CT molecular complexity index is 609. The molecule has 2 aromatic rings. The van der Waals surface area contributed by atoms with E-state index in [4.69, 9.17) is 17.3 Å². The van der Waals surface area contributed by atoms with E-state index in [0.717, 1.165) is 29.2 Å². The zero-order valence-corrected chi connectivity index (χ0v) is 11.7. The highest BCUT2D eigenvalue weighted by Gasteiger charge is 2.25. The Kier molecular flexibility index (Phi) is 3.11. The van der Waals surface area contributed by atoms with Gasteiger partial charge in [0.1, 0.15) is 0 Å². The van der Waals surface area contributed by atoms with Crippen molar-refractivity contribution in [2.24, 2.45) is 0 Å². The van der Waals surface area contributed by atoms with Gasteiger partial charge in [0.05, 0.1) is 0 Å². The standard InChI is InChI=1S/C16H17ClN2/c1-11-8-12-4-2-3-5-16(12)19(11)10-13-9-14(17)6-7-15(13)18/h2-7,9,11H,8,10,18H2,1H3. The summed E-state index contributed by atoms with van der Waals surface area (Å²) in [6.45, 7) is 3.06. The first-order valence-electron chi connectivity index (χ1n) is 6.53. The van der Waals surface area contributed by atoms with Crippen LogP contribution in [0.25, 0.3) is 0 Å². The van der Waals surface area contributed by atoms with E-state index in [-0.39, 0.29) is 0 Å². The molecule has 2 N–H and O–H groups in total. The Morgan fingerprint density at radius 1 is 1.26 bits per heavy atom. The summed E-state index contributed by atoms with van der Waals surface area (Å²) in [5, 5.41) is 0.740. The number of nitrogen functional groups attached to an aromatic ring is 1. The van der Waals surface area contributed by atoms with Crippen LogP contribution < -0.4 is 10.6 Å². The minimum atomic E-state index is 0.496. The van der Waals surface area contributed by atoms with Crippen LogP contribution >= 0.6 is 11.6 Å². The van der Waals surface area contributed by atoms with E-state index >= 15 is 0 Å². The maximum atomic E-state index is 6.06. The van der Waals surface area contributed by atoms with Gasteiger partial charge >= 0.3 is 0 Å². The topological polar surface area (TPSA) is 29.3 Å². The van der Waals surface area contributed by atoms with Crippen LogP contribution in [0, 0.1) is 0 Å². The van der Waals surface area contributed by atoms with Crippen LogP contribution in [0.5, 0.6) is 0 Å². The molecule has 0 aliphatic carbocycles. The second kappa shape index (κ2) is 4.78. The van der Waals surface area contributed by atoms with Crippen molar-refractivity contribution in [3.05, 3.63) is 58.6 Å². The van der Waals surface area contributed by atoms with Crippen molar-refractivity contribution in [2.45, 2.75) is 25.9 Å². The molecular formula is C16H17ClN2. The van der Waals surface area contributed by atoms with E-state index in [1.807, 2.05) is 18.2 Å². The third-order valence-electron chi connectivity index (χ3n) is 3.79. The molecule has 19 heavy (non-hydrogen) atoms. The summed E-state index contributed by atoms with van der Waals surface area (Å²) in [6.07, 6.45) is 1.09. The molecular weight excluding hydrogens is 256 g/mol. The molecule has 0 bridgehead atoms. The highest BCUT2D eigenvalue weighted by Crippen LogP contribution is 2.34. The molecule has 2 aromatic carbocycles. The quantitative estimate of drug-likeness (QED) is 0.841. The van der Waals surface area contributed by atoms with Crippen LogP contribution in [0.2, 0.25) is 5.02 Å². The van der Waals surface area contributed by atoms with Crippen LogP contribution in [-0.2, 0) is 13.0 Å². The number of nitrogens with two attached hydrogens (primary N) is 1. The first kappa shape index (κ1) is 12.4. The second-order valence-electron chi connectivity index (χ2n) is 5.15. The number of halogens is 1. The molecule has 0 amide bonds. The highest BCUT2D eigenvalue weighted by molar-refractivity contribution is 6.30. The molecule has 1 aliphatic heterocycles. The van der Waals surface area contributed by atoms with Gasteiger partial charge in [-0.05, 0) is 48.7 Å². The first-order chi connectivity index (χ1) is 9.15. The van der Waals surface area contributed by atoms with Crippen LogP contribution in [0.4, 0.5) is 11.4 Å². The van der Waals surface area contributed by atoms with Crippen molar-refractivity contribution in [3.63, 3.8) is 0 Å². The fraction of sp³-hybridized carbons (Fsp3) is 0.250. The van der Waals surface area contributed by atoms with E-state index in [1.54, 1.807) is 0 Å². The number of nitrogens with zero attached hydrogens (tertiary/aromatic N) is 1. The van der Waals surface area contributed by atoms with Crippen LogP contribution in [0.15, 0.2) is 42.5 Å². The van der Waals surface area contributed by atoms with Crippen molar-refractivity contribution >= 4 is 23.0 Å². The van der Waals surface area contributed by atoms with Crippen molar-refractivity contribution < 1.29 is 0 Å². The Balaban J connectivity index is 1.93. The molecule has 2 nitrogen and oxygen atoms in total. The van der Waals surface area contributed by atoms with E-state index in [0.29, 0.717) is 6.04 Å². The number of benzene rings is 2. The molecule has 98 valence electrons. The van der Waals surface area contributed by atoms with Crippen molar-refractivity contribution in [1.29, 1.82) is 0 Å². The normalized spacial score (nSPS) is 17.6. The maximum Gasteiger partial charge on any atom is 0.0453 e. The Labute approximate surface area is 118 Å². The average molecular weight is 273 g/mol. The summed E-state index contributed by atoms with van der Waals surface area (Å²) in [4.78, 5) is 2.40. The summed E-state index contributed by atoms with van der Waals surface area (Å²) < 4.78 is 0. The average Bonchev–Trinajstić information content (AvgIpc) is 2.71. The van der Waals surface area contributed by atoms with E-state index in [9.17, 15) is 0 Å². The van der Waals surface area contributed by atoms with Crippen molar-refractivity contribution in [1.82, 2.24) is 0 Å². The minimum absolute atomic E-state index is 0.496. The summed E-state index contributed by atoms with van der Waals surface area (Å²) >= 11 is 6.06. The molecule has 0 saturated carbocycles. The number of anilines is 2. The monoisotopic (exact) mass is 272 g/mol. The summed E-state index contributed by atoms with van der Waals surface area (Å²) in [6, 6.07) is 14.7.